The van der Waals surface area contributed by atoms with Gasteiger partial charge in [-0.05, 0) is 23.8 Å². The predicted molar refractivity (Wildman–Crippen MR) is 82.3 cm³/mol. The van der Waals surface area contributed by atoms with Crippen LogP contribution in [0, 0.1) is 0 Å². The van der Waals surface area contributed by atoms with Gasteiger partial charge < -0.3 is 5.11 Å². The summed E-state index contributed by atoms with van der Waals surface area (Å²) in [6.07, 6.45) is 1.17. The normalized spacial score (nSPS) is 11.6. The van der Waals surface area contributed by atoms with E-state index in [1.165, 1.54) is 18.3 Å². The molecule has 3 rings (SSSR count). The van der Waals surface area contributed by atoms with Gasteiger partial charge in [0.15, 0.2) is 0 Å². The molecular formula is C16H13NO4S. The number of hydrogen-bond donors (Lipinski definition) is 1. The summed E-state index contributed by atoms with van der Waals surface area (Å²) in [5.74, 6) is -1.000. The van der Waals surface area contributed by atoms with E-state index in [4.69, 9.17) is 5.11 Å². The molecule has 22 heavy (non-hydrogen) atoms. The van der Waals surface area contributed by atoms with Crippen LogP contribution in [-0.2, 0) is 21.2 Å². The van der Waals surface area contributed by atoms with Crippen molar-refractivity contribution in [2.24, 2.45) is 0 Å². The zero-order chi connectivity index (χ0) is 15.7. The van der Waals surface area contributed by atoms with Crippen molar-refractivity contribution in [2.45, 2.75) is 11.3 Å². The lowest BCUT2D eigenvalue weighted by atomic mass is 10.1. The van der Waals surface area contributed by atoms with Gasteiger partial charge >= 0.3 is 5.97 Å². The lowest BCUT2D eigenvalue weighted by molar-refractivity contribution is -0.136. The number of carboxylic acids is 1. The number of benzene rings is 2. The van der Waals surface area contributed by atoms with Gasteiger partial charge in [-0.1, -0.05) is 36.4 Å². The Morgan fingerprint density at radius 1 is 1.00 bits per heavy atom. The summed E-state index contributed by atoms with van der Waals surface area (Å²) in [5.41, 5.74) is 0.949. The van der Waals surface area contributed by atoms with Gasteiger partial charge in [-0.3, -0.25) is 4.79 Å². The van der Waals surface area contributed by atoms with Crippen molar-refractivity contribution in [3.63, 3.8) is 0 Å². The number of rotatable bonds is 4. The van der Waals surface area contributed by atoms with Crippen LogP contribution in [0.5, 0.6) is 0 Å². The monoisotopic (exact) mass is 315 g/mol. The van der Waals surface area contributed by atoms with Gasteiger partial charge in [-0.25, -0.2) is 12.4 Å². The quantitative estimate of drug-likeness (QED) is 0.802. The fourth-order valence-corrected chi connectivity index (χ4v) is 3.84. The molecule has 0 aliphatic heterocycles. The number of nitrogens with zero attached hydrogens (tertiary/aromatic N) is 1. The number of carboxylic acid groups (broad SMARTS) is 1. The molecule has 0 unspecified atom stereocenters. The molecule has 1 N–H and O–H groups in total. The maximum absolute atomic E-state index is 12.8. The van der Waals surface area contributed by atoms with E-state index in [1.54, 1.807) is 42.5 Å². The van der Waals surface area contributed by atoms with Crippen LogP contribution in [0.1, 0.15) is 5.56 Å². The minimum absolute atomic E-state index is 0.164. The minimum Gasteiger partial charge on any atom is -0.481 e. The third-order valence-corrected chi connectivity index (χ3v) is 5.09. The van der Waals surface area contributed by atoms with Crippen LogP contribution in [0.3, 0.4) is 0 Å². The van der Waals surface area contributed by atoms with Crippen LogP contribution in [0.2, 0.25) is 0 Å². The Bertz CT molecular complexity index is 943. The van der Waals surface area contributed by atoms with Crippen molar-refractivity contribution in [3.8, 4) is 0 Å². The lowest BCUT2D eigenvalue weighted by Crippen LogP contribution is -2.11. The zero-order valence-corrected chi connectivity index (χ0v) is 12.3. The Morgan fingerprint density at radius 3 is 2.32 bits per heavy atom. The van der Waals surface area contributed by atoms with Gasteiger partial charge in [0.2, 0.25) is 0 Å². The van der Waals surface area contributed by atoms with E-state index in [2.05, 4.69) is 0 Å². The number of aliphatic carboxylic acids is 1. The van der Waals surface area contributed by atoms with Crippen molar-refractivity contribution in [2.75, 3.05) is 0 Å². The van der Waals surface area contributed by atoms with E-state index in [1.807, 2.05) is 0 Å². The Balaban J connectivity index is 2.26. The van der Waals surface area contributed by atoms with Crippen LogP contribution in [-0.4, -0.2) is 23.5 Å². The van der Waals surface area contributed by atoms with Crippen molar-refractivity contribution in [3.05, 3.63) is 66.4 Å². The van der Waals surface area contributed by atoms with Crippen LogP contribution in [0.15, 0.2) is 65.7 Å². The molecule has 0 radical (unpaired) electrons. The molecule has 0 amide bonds. The fraction of sp³-hybridized carbons (Fsp3) is 0.0625. The van der Waals surface area contributed by atoms with Crippen molar-refractivity contribution >= 4 is 26.9 Å². The number of fused-ring (bicyclic) bond motifs is 1. The van der Waals surface area contributed by atoms with E-state index >= 15 is 0 Å². The second-order valence-electron chi connectivity index (χ2n) is 4.86. The van der Waals surface area contributed by atoms with E-state index in [0.29, 0.717) is 16.5 Å². The third-order valence-electron chi connectivity index (χ3n) is 3.40. The number of hydrogen-bond acceptors (Lipinski definition) is 3. The first-order valence-corrected chi connectivity index (χ1v) is 8.05. The van der Waals surface area contributed by atoms with Gasteiger partial charge in [0, 0.05) is 11.6 Å². The Morgan fingerprint density at radius 2 is 1.64 bits per heavy atom. The first-order valence-electron chi connectivity index (χ1n) is 6.61. The number of aromatic nitrogens is 1. The largest absolute Gasteiger partial charge is 0.481 e. The summed E-state index contributed by atoms with van der Waals surface area (Å²) in [5, 5.41) is 9.63. The molecule has 112 valence electrons. The van der Waals surface area contributed by atoms with E-state index in [9.17, 15) is 13.2 Å². The zero-order valence-electron chi connectivity index (χ0n) is 11.5. The Kier molecular flexibility index (Phi) is 3.46. The average molecular weight is 315 g/mol. The molecule has 6 heteroatoms. The SMILES string of the molecule is O=C(O)Cc1cn(S(=O)(=O)c2ccccc2)c2ccccc12. The lowest BCUT2D eigenvalue weighted by Gasteiger charge is -2.07. The standard InChI is InChI=1S/C16H13NO4S/c18-16(19)10-12-11-17(15-9-5-4-8-14(12)15)22(20,21)13-6-2-1-3-7-13/h1-9,11H,10H2,(H,18,19). The van der Waals surface area contributed by atoms with Gasteiger partial charge in [-0.2, -0.15) is 0 Å². The van der Waals surface area contributed by atoms with Gasteiger partial charge in [0.25, 0.3) is 10.0 Å². The van der Waals surface area contributed by atoms with E-state index < -0.39 is 16.0 Å². The van der Waals surface area contributed by atoms with Gasteiger partial charge in [0.05, 0.1) is 16.8 Å². The summed E-state index contributed by atoms with van der Waals surface area (Å²) in [6, 6.07) is 14.9. The summed E-state index contributed by atoms with van der Waals surface area (Å²) in [4.78, 5) is 11.1. The summed E-state index contributed by atoms with van der Waals surface area (Å²) in [7, 11) is -3.76. The highest BCUT2D eigenvalue weighted by Gasteiger charge is 2.21. The maximum Gasteiger partial charge on any atom is 0.307 e. The number of para-hydroxylation sites is 1. The number of carbonyl (C=O) groups is 1. The first-order chi connectivity index (χ1) is 10.5. The van der Waals surface area contributed by atoms with Crippen LogP contribution in [0.25, 0.3) is 10.9 Å². The smallest absolute Gasteiger partial charge is 0.307 e. The average Bonchev–Trinajstić information content (AvgIpc) is 2.87. The molecule has 1 heterocycles. The molecular weight excluding hydrogens is 302 g/mol. The summed E-state index contributed by atoms with van der Waals surface area (Å²) in [6.45, 7) is 0. The van der Waals surface area contributed by atoms with Crippen molar-refractivity contribution < 1.29 is 18.3 Å². The predicted octanol–water partition coefficient (Wildman–Crippen LogP) is 2.51. The second kappa shape index (κ2) is 5.31. The molecule has 5 nitrogen and oxygen atoms in total. The Labute approximate surface area is 127 Å². The molecule has 0 aliphatic rings. The molecule has 0 fully saturated rings. The molecule has 0 aliphatic carbocycles. The summed E-state index contributed by atoms with van der Waals surface area (Å²) >= 11 is 0. The highest BCUT2D eigenvalue weighted by Crippen LogP contribution is 2.26. The fourth-order valence-electron chi connectivity index (χ4n) is 2.43. The van der Waals surface area contributed by atoms with Crippen LogP contribution >= 0.6 is 0 Å². The highest BCUT2D eigenvalue weighted by molar-refractivity contribution is 7.90. The van der Waals surface area contributed by atoms with Gasteiger partial charge in [-0.15, -0.1) is 0 Å². The van der Waals surface area contributed by atoms with Crippen LogP contribution in [0.4, 0.5) is 0 Å². The van der Waals surface area contributed by atoms with E-state index in [-0.39, 0.29) is 11.3 Å². The molecule has 1 aromatic heterocycles. The highest BCUT2D eigenvalue weighted by atomic mass is 32.2. The molecule has 0 bridgehead atoms. The minimum atomic E-state index is -3.76. The molecule has 0 saturated carbocycles. The summed E-state index contributed by atoms with van der Waals surface area (Å²) < 4.78 is 26.7. The van der Waals surface area contributed by atoms with E-state index in [0.717, 1.165) is 3.97 Å². The molecule has 0 atom stereocenters. The Hall–Kier alpha value is -2.60. The van der Waals surface area contributed by atoms with Crippen molar-refractivity contribution in [1.82, 2.24) is 3.97 Å². The topological polar surface area (TPSA) is 76.4 Å². The molecule has 3 aromatic rings. The molecule has 0 saturated heterocycles. The van der Waals surface area contributed by atoms with Crippen LogP contribution < -0.4 is 0 Å². The second-order valence-corrected chi connectivity index (χ2v) is 6.67. The third kappa shape index (κ3) is 2.37. The molecule has 2 aromatic carbocycles. The van der Waals surface area contributed by atoms with Gasteiger partial charge in [0.1, 0.15) is 0 Å². The maximum atomic E-state index is 12.8. The first kappa shape index (κ1) is 14.3. The van der Waals surface area contributed by atoms with Crippen molar-refractivity contribution in [1.29, 1.82) is 0 Å². The molecule has 0 spiro atoms.